The molecule has 0 unspecified atom stereocenters. The van der Waals surface area contributed by atoms with Crippen molar-refractivity contribution in [2.24, 2.45) is 0 Å². The number of rotatable bonds is 2. The minimum atomic E-state index is 0.719. The van der Waals surface area contributed by atoms with Crippen LogP contribution in [0.3, 0.4) is 0 Å². The molecule has 28 heavy (non-hydrogen) atoms. The van der Waals surface area contributed by atoms with Gasteiger partial charge in [-0.1, -0.05) is 30.3 Å². The van der Waals surface area contributed by atoms with E-state index in [0.717, 1.165) is 55.6 Å². The molecular weight excluding hydrogens is 344 g/mol. The van der Waals surface area contributed by atoms with Gasteiger partial charge in [-0.2, -0.15) is 0 Å². The lowest BCUT2D eigenvalue weighted by atomic mass is 9.95. The van der Waals surface area contributed by atoms with Gasteiger partial charge in [-0.15, -0.1) is 0 Å². The van der Waals surface area contributed by atoms with Gasteiger partial charge in [-0.05, 0) is 59.7 Å². The Morgan fingerprint density at radius 2 is 1.46 bits per heavy atom. The molecule has 4 N–H and O–H groups in total. The monoisotopic (exact) mass is 362 g/mol. The molecule has 0 spiro atoms. The third-order valence-corrected chi connectivity index (χ3v) is 4.96. The van der Waals surface area contributed by atoms with Crippen molar-refractivity contribution in [2.45, 2.75) is 0 Å². The van der Waals surface area contributed by atoms with Gasteiger partial charge in [0, 0.05) is 33.9 Å². The van der Waals surface area contributed by atoms with Gasteiger partial charge in [-0.3, -0.25) is 4.98 Å². The normalized spacial score (nSPS) is 11.1. The fraction of sp³-hybridized carbons (Fsp3) is 0. The number of fused-ring (bicyclic) bond motifs is 3. The third kappa shape index (κ3) is 2.72. The molecule has 0 saturated heterocycles. The van der Waals surface area contributed by atoms with Crippen molar-refractivity contribution in [1.29, 1.82) is 0 Å². The molecule has 4 heteroatoms. The Labute approximate surface area is 162 Å². The molecule has 5 rings (SSSR count). The van der Waals surface area contributed by atoms with Gasteiger partial charge in [-0.25, -0.2) is 4.98 Å². The number of pyridine rings is 2. The number of hydrogen-bond acceptors (Lipinski definition) is 4. The minimum absolute atomic E-state index is 0.719. The van der Waals surface area contributed by atoms with Crippen molar-refractivity contribution in [3.63, 3.8) is 0 Å². The van der Waals surface area contributed by atoms with Crippen LogP contribution in [-0.4, -0.2) is 9.97 Å². The highest BCUT2D eigenvalue weighted by Gasteiger charge is 2.13. The molecule has 0 atom stereocenters. The Balaban J connectivity index is 1.89. The summed E-state index contributed by atoms with van der Waals surface area (Å²) in [5.41, 5.74) is 19.3. The average Bonchev–Trinajstić information content (AvgIpc) is 2.73. The summed E-state index contributed by atoms with van der Waals surface area (Å²) in [6, 6.07) is 25.9. The molecule has 4 nitrogen and oxygen atoms in total. The summed E-state index contributed by atoms with van der Waals surface area (Å²) in [6.45, 7) is 0. The number of nitrogens with zero attached hydrogens (tertiary/aromatic N) is 2. The smallest absolute Gasteiger partial charge is 0.0723 e. The van der Waals surface area contributed by atoms with Gasteiger partial charge >= 0.3 is 0 Å². The van der Waals surface area contributed by atoms with Gasteiger partial charge in [0.2, 0.25) is 0 Å². The van der Waals surface area contributed by atoms with E-state index >= 15 is 0 Å². The molecule has 0 bridgehead atoms. The molecule has 134 valence electrons. The molecule has 0 radical (unpaired) electrons. The van der Waals surface area contributed by atoms with Crippen molar-refractivity contribution in [1.82, 2.24) is 9.97 Å². The molecule has 5 aromatic rings. The summed E-state index contributed by atoms with van der Waals surface area (Å²) in [4.78, 5) is 9.44. The number of nitrogens with two attached hydrogens (primary N) is 2. The van der Waals surface area contributed by atoms with Crippen LogP contribution in [0.5, 0.6) is 0 Å². The summed E-state index contributed by atoms with van der Waals surface area (Å²) in [5.74, 6) is 0. The lowest BCUT2D eigenvalue weighted by Gasteiger charge is -2.13. The van der Waals surface area contributed by atoms with Crippen molar-refractivity contribution in [3.05, 3.63) is 85.1 Å². The van der Waals surface area contributed by atoms with Crippen LogP contribution in [0.25, 0.3) is 44.2 Å². The van der Waals surface area contributed by atoms with Crippen LogP contribution in [0.4, 0.5) is 11.4 Å². The van der Waals surface area contributed by atoms with Gasteiger partial charge in [0.15, 0.2) is 0 Å². The van der Waals surface area contributed by atoms with Gasteiger partial charge in [0.25, 0.3) is 0 Å². The maximum absolute atomic E-state index is 6.00. The zero-order valence-corrected chi connectivity index (χ0v) is 15.1. The topological polar surface area (TPSA) is 77.8 Å². The highest BCUT2D eigenvalue weighted by atomic mass is 14.7. The Bertz CT molecular complexity index is 1320. The van der Waals surface area contributed by atoms with E-state index < -0.39 is 0 Å². The second-order valence-corrected chi connectivity index (χ2v) is 6.83. The van der Waals surface area contributed by atoms with E-state index in [-0.39, 0.29) is 0 Å². The first-order chi connectivity index (χ1) is 13.7. The quantitative estimate of drug-likeness (QED) is 0.331. The molecule has 2 aromatic heterocycles. The van der Waals surface area contributed by atoms with E-state index in [1.54, 1.807) is 0 Å². The number of nitrogen functional groups attached to an aromatic ring is 2. The number of anilines is 2. The van der Waals surface area contributed by atoms with Crippen LogP contribution in [-0.2, 0) is 0 Å². The molecule has 3 aromatic carbocycles. The van der Waals surface area contributed by atoms with Gasteiger partial charge in [0.1, 0.15) is 0 Å². The van der Waals surface area contributed by atoms with Gasteiger partial charge in [0.05, 0.1) is 16.7 Å². The molecule has 0 aliphatic rings. The van der Waals surface area contributed by atoms with Crippen molar-refractivity contribution < 1.29 is 0 Å². The summed E-state index contributed by atoms with van der Waals surface area (Å²) >= 11 is 0. The maximum Gasteiger partial charge on any atom is 0.0723 e. The molecule has 2 heterocycles. The fourth-order valence-corrected chi connectivity index (χ4v) is 3.62. The van der Waals surface area contributed by atoms with E-state index in [1.807, 2.05) is 72.9 Å². The fourth-order valence-electron chi connectivity index (χ4n) is 3.62. The van der Waals surface area contributed by atoms with Crippen molar-refractivity contribution >= 4 is 33.2 Å². The van der Waals surface area contributed by atoms with Crippen LogP contribution in [0, 0.1) is 0 Å². The first-order valence-electron chi connectivity index (χ1n) is 9.09. The highest BCUT2D eigenvalue weighted by molar-refractivity contribution is 6.12. The minimum Gasteiger partial charge on any atom is -0.399 e. The summed E-state index contributed by atoms with van der Waals surface area (Å²) < 4.78 is 0. The van der Waals surface area contributed by atoms with E-state index in [4.69, 9.17) is 16.5 Å². The largest absolute Gasteiger partial charge is 0.399 e. The van der Waals surface area contributed by atoms with Crippen LogP contribution < -0.4 is 11.5 Å². The van der Waals surface area contributed by atoms with Crippen LogP contribution in [0.1, 0.15) is 0 Å². The maximum atomic E-state index is 6.00. The van der Waals surface area contributed by atoms with Crippen molar-refractivity contribution in [3.8, 4) is 22.4 Å². The highest BCUT2D eigenvalue weighted by Crippen LogP contribution is 2.36. The first kappa shape index (κ1) is 16.3. The lowest BCUT2D eigenvalue weighted by Crippen LogP contribution is -1.93. The Morgan fingerprint density at radius 3 is 2.29 bits per heavy atom. The average molecular weight is 362 g/mol. The number of aromatic nitrogens is 2. The van der Waals surface area contributed by atoms with Gasteiger partial charge < -0.3 is 11.5 Å². The van der Waals surface area contributed by atoms with E-state index in [2.05, 4.69) is 17.1 Å². The first-order valence-corrected chi connectivity index (χ1v) is 9.09. The van der Waals surface area contributed by atoms with E-state index in [9.17, 15) is 0 Å². The van der Waals surface area contributed by atoms with Crippen molar-refractivity contribution in [2.75, 3.05) is 11.5 Å². The van der Waals surface area contributed by atoms with Crippen LogP contribution in [0.2, 0.25) is 0 Å². The molecular formula is C24H18N4. The molecule has 0 saturated carbocycles. The predicted molar refractivity (Wildman–Crippen MR) is 117 cm³/mol. The molecule has 0 aliphatic heterocycles. The number of hydrogen-bond donors (Lipinski definition) is 2. The Morgan fingerprint density at radius 1 is 0.643 bits per heavy atom. The number of benzene rings is 3. The predicted octanol–water partition coefficient (Wildman–Crippen LogP) is 5.28. The zero-order valence-electron chi connectivity index (χ0n) is 15.1. The van der Waals surface area contributed by atoms with Crippen LogP contribution in [0.15, 0.2) is 85.1 Å². The third-order valence-electron chi connectivity index (χ3n) is 4.96. The second kappa shape index (κ2) is 6.35. The zero-order chi connectivity index (χ0) is 19.1. The Kier molecular flexibility index (Phi) is 3.69. The SMILES string of the molecule is Nc1ccc(-c2cc(-c3cccc(N)c3)nc3ccc4ncccc4c23)cc1. The molecule has 0 amide bonds. The molecule has 0 aliphatic carbocycles. The van der Waals surface area contributed by atoms with E-state index in [1.165, 1.54) is 0 Å². The Hall–Kier alpha value is -3.92. The standard InChI is InChI=1S/C24H18N4/c25-17-8-6-15(7-9-17)20-14-23(16-3-1-4-18(26)13-16)28-22-11-10-21-19(24(20)22)5-2-12-27-21/h1-14H,25-26H2. The summed E-state index contributed by atoms with van der Waals surface area (Å²) in [5, 5.41) is 2.17. The summed E-state index contributed by atoms with van der Waals surface area (Å²) in [6.07, 6.45) is 1.81. The summed E-state index contributed by atoms with van der Waals surface area (Å²) in [7, 11) is 0. The van der Waals surface area contributed by atoms with E-state index in [0.29, 0.717) is 0 Å². The molecule has 0 fully saturated rings. The van der Waals surface area contributed by atoms with Crippen LogP contribution >= 0.6 is 0 Å². The lowest BCUT2D eigenvalue weighted by molar-refractivity contribution is 1.38. The second-order valence-electron chi connectivity index (χ2n) is 6.83.